The number of nitrogens with zero attached hydrogens (tertiary/aromatic N) is 1. The lowest BCUT2D eigenvalue weighted by Crippen LogP contribution is -2.26. The Balaban J connectivity index is 1.91. The van der Waals surface area contributed by atoms with Crippen LogP contribution in [-0.4, -0.2) is 15.0 Å². The summed E-state index contributed by atoms with van der Waals surface area (Å²) in [7, 11) is 0. The van der Waals surface area contributed by atoms with E-state index in [4.69, 9.17) is 5.73 Å². The van der Waals surface area contributed by atoms with Gasteiger partial charge in [0, 0.05) is 17.3 Å². The summed E-state index contributed by atoms with van der Waals surface area (Å²) in [6.07, 6.45) is 2.40. The fourth-order valence-electron chi connectivity index (χ4n) is 4.52. The topological polar surface area (TPSA) is 80.9 Å². The van der Waals surface area contributed by atoms with Crippen molar-refractivity contribution in [2.75, 3.05) is 0 Å². The molecule has 2 heterocycles. The van der Waals surface area contributed by atoms with Crippen LogP contribution in [0, 0.1) is 17.5 Å². The van der Waals surface area contributed by atoms with Crippen LogP contribution in [0.3, 0.4) is 0 Å². The Kier molecular flexibility index (Phi) is 4.75. The Labute approximate surface area is 178 Å². The zero-order valence-corrected chi connectivity index (χ0v) is 17.1. The molecule has 3 N–H and O–H groups in total. The molecule has 5 rings (SSSR count). The number of hydrogen-bond acceptors (Lipinski definition) is 4. The molecule has 31 heavy (non-hydrogen) atoms. The number of fused-ring (bicyclic) bond motifs is 2. The van der Waals surface area contributed by atoms with Crippen LogP contribution in [0.15, 0.2) is 39.9 Å². The third kappa shape index (κ3) is 3.11. The molecule has 0 radical (unpaired) electrons. The molecule has 2 aromatic heterocycles. The van der Waals surface area contributed by atoms with Gasteiger partial charge in [0.2, 0.25) is 5.43 Å². The Morgan fingerprint density at radius 1 is 1.03 bits per heavy atom. The molecule has 4 aromatic rings. The van der Waals surface area contributed by atoms with Gasteiger partial charge in [0.15, 0.2) is 5.82 Å². The van der Waals surface area contributed by atoms with Crippen molar-refractivity contribution in [2.24, 2.45) is 5.73 Å². The molecule has 0 unspecified atom stereocenters. The lowest BCUT2D eigenvalue weighted by molar-refractivity contribution is 0.377. The molecule has 9 heteroatoms. The average molecular weight is 445 g/mol. The van der Waals surface area contributed by atoms with E-state index >= 15 is 8.78 Å². The quantitative estimate of drug-likeness (QED) is 0.483. The molecule has 1 saturated carbocycles. The highest BCUT2D eigenvalue weighted by molar-refractivity contribution is 7.12. The lowest BCUT2D eigenvalue weighted by atomic mass is 9.81. The molecule has 1 fully saturated rings. The number of hydrogen-bond donors (Lipinski definition) is 2. The number of halogens is 3. The second kappa shape index (κ2) is 7.35. The highest BCUT2D eigenvalue weighted by Crippen LogP contribution is 2.38. The van der Waals surface area contributed by atoms with Gasteiger partial charge in [-0.2, -0.15) is 0 Å². The summed E-state index contributed by atoms with van der Waals surface area (Å²) in [6, 6.07) is 6.27. The fourth-order valence-corrected chi connectivity index (χ4v) is 5.39. The van der Waals surface area contributed by atoms with E-state index in [1.54, 1.807) is 0 Å². The van der Waals surface area contributed by atoms with E-state index in [9.17, 15) is 14.0 Å². The van der Waals surface area contributed by atoms with Gasteiger partial charge in [-0.1, -0.05) is 0 Å². The van der Waals surface area contributed by atoms with Crippen LogP contribution in [0.5, 0.6) is 0 Å². The molecule has 0 atom stereocenters. The number of nitrogens with one attached hydrogen (secondary N) is 1. The maximum Gasteiger partial charge on any atom is 0.271 e. The lowest BCUT2D eigenvalue weighted by Gasteiger charge is -2.27. The number of rotatable bonds is 2. The van der Waals surface area contributed by atoms with Gasteiger partial charge < -0.3 is 5.73 Å². The molecule has 0 bridgehead atoms. The third-order valence-corrected chi connectivity index (χ3v) is 6.94. The number of H-pyrrole nitrogens is 1. The van der Waals surface area contributed by atoms with Gasteiger partial charge in [0.1, 0.15) is 21.9 Å². The van der Waals surface area contributed by atoms with Crippen molar-refractivity contribution in [3.63, 3.8) is 0 Å². The molecular formula is C22H18F3N3O2S. The molecule has 0 saturated heterocycles. The van der Waals surface area contributed by atoms with E-state index in [1.807, 2.05) is 0 Å². The Bertz CT molecular complexity index is 1430. The number of pyridine rings is 1. The van der Waals surface area contributed by atoms with Crippen molar-refractivity contribution in [3.05, 3.63) is 73.9 Å². The van der Waals surface area contributed by atoms with Crippen LogP contribution >= 0.6 is 11.5 Å². The van der Waals surface area contributed by atoms with Crippen molar-refractivity contribution in [3.8, 4) is 5.69 Å². The summed E-state index contributed by atoms with van der Waals surface area (Å²) in [5.74, 6) is -2.49. The van der Waals surface area contributed by atoms with Crippen LogP contribution < -0.4 is 16.7 Å². The summed E-state index contributed by atoms with van der Waals surface area (Å²) < 4.78 is 48.5. The average Bonchev–Trinajstić information content (AvgIpc) is 3.13. The van der Waals surface area contributed by atoms with Crippen LogP contribution in [0.25, 0.3) is 26.8 Å². The number of benzene rings is 2. The maximum absolute atomic E-state index is 16.0. The summed E-state index contributed by atoms with van der Waals surface area (Å²) in [4.78, 5) is 25.5. The monoisotopic (exact) mass is 445 g/mol. The van der Waals surface area contributed by atoms with Crippen molar-refractivity contribution in [1.82, 2.24) is 8.94 Å². The predicted molar refractivity (Wildman–Crippen MR) is 115 cm³/mol. The predicted octanol–water partition coefficient (Wildman–Crippen LogP) is 4.30. The number of aromatic nitrogens is 2. The summed E-state index contributed by atoms with van der Waals surface area (Å²) in [6.45, 7) is 0. The minimum Gasteiger partial charge on any atom is -0.328 e. The van der Waals surface area contributed by atoms with Crippen LogP contribution in [-0.2, 0) is 0 Å². The first-order valence-electron chi connectivity index (χ1n) is 9.96. The Morgan fingerprint density at radius 2 is 1.71 bits per heavy atom. The van der Waals surface area contributed by atoms with Gasteiger partial charge in [-0.3, -0.25) is 18.5 Å². The molecule has 1 aliphatic rings. The van der Waals surface area contributed by atoms with Gasteiger partial charge in [-0.15, -0.1) is 0 Å². The molecule has 0 aliphatic heterocycles. The van der Waals surface area contributed by atoms with E-state index in [2.05, 4.69) is 4.37 Å². The molecule has 160 valence electrons. The van der Waals surface area contributed by atoms with Crippen molar-refractivity contribution in [1.29, 1.82) is 0 Å². The highest BCUT2D eigenvalue weighted by atomic mass is 32.1. The highest BCUT2D eigenvalue weighted by Gasteiger charge is 2.29. The second-order valence-corrected chi connectivity index (χ2v) is 8.74. The van der Waals surface area contributed by atoms with Crippen molar-refractivity contribution < 1.29 is 13.2 Å². The van der Waals surface area contributed by atoms with Gasteiger partial charge in [-0.05, 0) is 73.5 Å². The van der Waals surface area contributed by atoms with E-state index < -0.39 is 28.4 Å². The Morgan fingerprint density at radius 3 is 2.39 bits per heavy atom. The van der Waals surface area contributed by atoms with Gasteiger partial charge in [0.25, 0.3) is 5.56 Å². The SMILES string of the molecule is NC1CCC(c2c(F)cc3c(=O)c4c(=O)[nH]sc4n(-c4ccc(F)cc4)c3c2F)CC1. The zero-order chi connectivity index (χ0) is 21.9. The first-order chi connectivity index (χ1) is 14.9. The van der Waals surface area contributed by atoms with Gasteiger partial charge >= 0.3 is 0 Å². The molecular weight excluding hydrogens is 427 g/mol. The zero-order valence-electron chi connectivity index (χ0n) is 16.3. The maximum atomic E-state index is 16.0. The molecule has 0 amide bonds. The van der Waals surface area contributed by atoms with Crippen molar-refractivity contribution >= 4 is 32.7 Å². The van der Waals surface area contributed by atoms with Crippen LogP contribution in [0.2, 0.25) is 0 Å². The number of nitrogens with two attached hydrogens (primary N) is 1. The molecule has 0 spiro atoms. The standard InChI is InChI=1S/C22H18F3N3O2S/c23-11-3-7-13(8-4-11)28-19-14(20(29)17-21(30)27-31-22(17)28)9-15(24)16(18(19)25)10-1-5-12(26)6-2-10/h3-4,7-10,12H,1-2,5-6,26H2,(H,27,30). The van der Waals surface area contributed by atoms with E-state index in [1.165, 1.54) is 28.8 Å². The smallest absolute Gasteiger partial charge is 0.271 e. The Hall–Kier alpha value is -2.91. The molecule has 1 aliphatic carbocycles. The van der Waals surface area contributed by atoms with Crippen LogP contribution in [0.1, 0.15) is 37.2 Å². The minimum atomic E-state index is -0.834. The first kappa shape index (κ1) is 20.0. The van der Waals surface area contributed by atoms with Gasteiger partial charge in [-0.25, -0.2) is 13.2 Å². The van der Waals surface area contributed by atoms with Gasteiger partial charge in [0.05, 0.1) is 10.9 Å². The number of aromatic amines is 1. The van der Waals surface area contributed by atoms with E-state index in [0.29, 0.717) is 31.4 Å². The molecule has 5 nitrogen and oxygen atoms in total. The second-order valence-electron chi connectivity index (χ2n) is 7.95. The molecule has 2 aromatic carbocycles. The van der Waals surface area contributed by atoms with E-state index in [0.717, 1.165) is 17.6 Å². The summed E-state index contributed by atoms with van der Waals surface area (Å²) in [5, 5.41) is -0.413. The summed E-state index contributed by atoms with van der Waals surface area (Å²) in [5.41, 5.74) is 4.74. The van der Waals surface area contributed by atoms with E-state index in [-0.39, 0.29) is 38.6 Å². The third-order valence-electron chi connectivity index (χ3n) is 6.07. The van der Waals surface area contributed by atoms with Crippen LogP contribution in [0.4, 0.5) is 13.2 Å². The minimum absolute atomic E-state index is 0.0111. The van der Waals surface area contributed by atoms with Crippen molar-refractivity contribution in [2.45, 2.75) is 37.6 Å². The largest absolute Gasteiger partial charge is 0.328 e. The fraction of sp³-hybridized carbons (Fsp3) is 0.273. The summed E-state index contributed by atoms with van der Waals surface area (Å²) >= 11 is 0.878. The first-order valence-corrected chi connectivity index (χ1v) is 10.8. The normalized spacial score (nSPS) is 19.4.